The largest absolute Gasteiger partial charge is 0.383 e. The maximum Gasteiger partial charge on any atom is 0.267 e. The number of aromatic nitrogens is 2. The van der Waals surface area contributed by atoms with E-state index in [4.69, 9.17) is 5.73 Å². The Morgan fingerprint density at radius 3 is 2.75 bits per heavy atom. The zero-order chi connectivity index (χ0) is 11.6. The van der Waals surface area contributed by atoms with Gasteiger partial charge < -0.3 is 5.73 Å². The summed E-state index contributed by atoms with van der Waals surface area (Å²) in [5.74, 6) is -0.0356. The second kappa shape index (κ2) is 4.06. The first-order valence-electron chi connectivity index (χ1n) is 4.22. The number of nitrogens with two attached hydrogens (primary N) is 1. The minimum absolute atomic E-state index is 0.0356. The van der Waals surface area contributed by atoms with Crippen molar-refractivity contribution in [1.29, 1.82) is 0 Å². The fraction of sp³-hybridized carbons (Fsp3) is 0. The minimum atomic E-state index is -3.70. The highest BCUT2D eigenvalue weighted by Crippen LogP contribution is 2.20. The fourth-order valence-corrected chi connectivity index (χ4v) is 2.95. The minimum Gasteiger partial charge on any atom is -0.383 e. The Balaban J connectivity index is 2.37. The number of nitrogens with one attached hydrogen (secondary N) is 1. The van der Waals surface area contributed by atoms with Gasteiger partial charge in [0.1, 0.15) is 10.7 Å². The molecule has 0 unspecified atom stereocenters. The molecule has 0 aliphatic carbocycles. The lowest BCUT2D eigenvalue weighted by Gasteiger charge is -2.06. The average Bonchev–Trinajstić information content (AvgIpc) is 2.70. The van der Waals surface area contributed by atoms with Gasteiger partial charge in [0.15, 0.2) is 5.13 Å². The van der Waals surface area contributed by atoms with Crippen molar-refractivity contribution < 1.29 is 8.42 Å². The third-order valence-electron chi connectivity index (χ3n) is 1.74. The van der Waals surface area contributed by atoms with E-state index >= 15 is 0 Å². The molecule has 0 aliphatic heterocycles. The number of pyridine rings is 1. The molecule has 0 atom stereocenters. The molecule has 84 valence electrons. The quantitative estimate of drug-likeness (QED) is 0.851. The zero-order valence-corrected chi connectivity index (χ0v) is 9.62. The highest BCUT2D eigenvalue weighted by molar-refractivity contribution is 7.93. The maximum atomic E-state index is 11.9. The average molecular weight is 256 g/mol. The Morgan fingerprint density at radius 1 is 1.31 bits per heavy atom. The summed E-state index contributed by atoms with van der Waals surface area (Å²) in [7, 11) is -3.70. The van der Waals surface area contributed by atoms with Crippen LogP contribution in [0.25, 0.3) is 0 Å². The molecule has 2 heterocycles. The van der Waals surface area contributed by atoms with E-state index in [2.05, 4.69) is 14.7 Å². The first-order chi connectivity index (χ1) is 7.59. The van der Waals surface area contributed by atoms with Gasteiger partial charge in [-0.3, -0.25) is 4.72 Å². The number of anilines is 2. The Kier molecular flexibility index (Phi) is 2.75. The van der Waals surface area contributed by atoms with Crippen molar-refractivity contribution in [1.82, 2.24) is 9.97 Å². The van der Waals surface area contributed by atoms with Crippen LogP contribution in [0.3, 0.4) is 0 Å². The molecule has 8 heteroatoms. The van der Waals surface area contributed by atoms with Crippen LogP contribution in [0.5, 0.6) is 0 Å². The lowest BCUT2D eigenvalue weighted by molar-refractivity contribution is 0.601. The van der Waals surface area contributed by atoms with E-state index in [1.807, 2.05) is 0 Å². The first kappa shape index (κ1) is 10.8. The van der Waals surface area contributed by atoms with E-state index in [0.29, 0.717) is 5.13 Å². The van der Waals surface area contributed by atoms with Gasteiger partial charge in [-0.15, -0.1) is 11.3 Å². The van der Waals surface area contributed by atoms with Gasteiger partial charge in [-0.1, -0.05) is 0 Å². The smallest absolute Gasteiger partial charge is 0.267 e. The van der Waals surface area contributed by atoms with E-state index in [9.17, 15) is 8.42 Å². The van der Waals surface area contributed by atoms with Crippen LogP contribution in [0.1, 0.15) is 0 Å². The second-order valence-electron chi connectivity index (χ2n) is 2.83. The molecule has 16 heavy (non-hydrogen) atoms. The molecule has 0 spiro atoms. The number of nitrogens with zero attached hydrogens (tertiary/aromatic N) is 2. The van der Waals surface area contributed by atoms with E-state index in [1.54, 1.807) is 5.38 Å². The zero-order valence-electron chi connectivity index (χ0n) is 7.99. The van der Waals surface area contributed by atoms with Gasteiger partial charge >= 0.3 is 0 Å². The van der Waals surface area contributed by atoms with E-state index in [1.165, 1.54) is 35.9 Å². The van der Waals surface area contributed by atoms with Gasteiger partial charge in [0.05, 0.1) is 0 Å². The Labute approximate surface area is 96.2 Å². The van der Waals surface area contributed by atoms with Crippen LogP contribution >= 0.6 is 11.3 Å². The number of nitrogen functional groups attached to an aromatic ring is 1. The molecule has 2 aromatic heterocycles. The van der Waals surface area contributed by atoms with E-state index < -0.39 is 10.0 Å². The van der Waals surface area contributed by atoms with Crippen LogP contribution in [0.2, 0.25) is 0 Å². The molecule has 2 aromatic rings. The monoisotopic (exact) mass is 256 g/mol. The number of hydrogen-bond acceptors (Lipinski definition) is 6. The van der Waals surface area contributed by atoms with Crippen molar-refractivity contribution in [2.24, 2.45) is 0 Å². The van der Waals surface area contributed by atoms with Crippen LogP contribution in [0.4, 0.5) is 10.9 Å². The lowest BCUT2D eigenvalue weighted by Crippen LogP contribution is -2.15. The topological polar surface area (TPSA) is 98.0 Å². The first-order valence-corrected chi connectivity index (χ1v) is 6.59. The molecule has 6 nitrogen and oxygen atoms in total. The molecule has 0 aromatic carbocycles. The highest BCUT2D eigenvalue weighted by Gasteiger charge is 2.18. The molecule has 0 bridgehead atoms. The van der Waals surface area contributed by atoms with Crippen LogP contribution in [-0.2, 0) is 10.0 Å². The van der Waals surface area contributed by atoms with Crippen LogP contribution < -0.4 is 10.5 Å². The van der Waals surface area contributed by atoms with Crippen molar-refractivity contribution in [2.75, 3.05) is 10.5 Å². The summed E-state index contributed by atoms with van der Waals surface area (Å²) in [5, 5.41) is 1.97. The number of sulfonamides is 1. The van der Waals surface area contributed by atoms with Crippen molar-refractivity contribution in [3.05, 3.63) is 29.9 Å². The maximum absolute atomic E-state index is 11.9. The Hall–Kier alpha value is -1.67. The fourth-order valence-electron chi connectivity index (χ4n) is 1.07. The summed E-state index contributed by atoms with van der Waals surface area (Å²) < 4.78 is 26.0. The summed E-state index contributed by atoms with van der Waals surface area (Å²) >= 11 is 1.19. The summed E-state index contributed by atoms with van der Waals surface area (Å²) in [6.45, 7) is 0. The van der Waals surface area contributed by atoms with Crippen molar-refractivity contribution in [3.63, 3.8) is 0 Å². The van der Waals surface area contributed by atoms with Crippen molar-refractivity contribution in [2.45, 2.75) is 4.90 Å². The Morgan fingerprint density at radius 2 is 2.12 bits per heavy atom. The molecule has 0 amide bonds. The molecule has 0 saturated heterocycles. The summed E-state index contributed by atoms with van der Waals surface area (Å²) in [4.78, 5) is 7.49. The van der Waals surface area contributed by atoms with E-state index in [-0.39, 0.29) is 10.7 Å². The van der Waals surface area contributed by atoms with Gasteiger partial charge in [0.2, 0.25) is 0 Å². The third kappa shape index (κ3) is 2.12. The van der Waals surface area contributed by atoms with Crippen molar-refractivity contribution >= 4 is 32.3 Å². The molecule has 2 rings (SSSR count). The SMILES string of the molecule is Nc1ncccc1S(=O)(=O)Nc1nccs1. The van der Waals surface area contributed by atoms with Gasteiger partial charge in [-0.25, -0.2) is 18.4 Å². The summed E-state index contributed by atoms with van der Waals surface area (Å²) in [6, 6.07) is 2.89. The third-order valence-corrected chi connectivity index (χ3v) is 3.95. The van der Waals surface area contributed by atoms with Gasteiger partial charge in [0.25, 0.3) is 10.0 Å². The number of hydrogen-bond donors (Lipinski definition) is 2. The molecule has 0 fully saturated rings. The summed E-state index contributed by atoms with van der Waals surface area (Å²) in [5.41, 5.74) is 5.49. The standard InChI is InChI=1S/C8H8N4O2S2/c9-7-6(2-1-3-10-7)16(13,14)12-8-11-4-5-15-8/h1-5H,(H2,9,10)(H,11,12). The highest BCUT2D eigenvalue weighted by atomic mass is 32.2. The van der Waals surface area contributed by atoms with Gasteiger partial charge in [0, 0.05) is 17.8 Å². The summed E-state index contributed by atoms with van der Waals surface area (Å²) in [6.07, 6.45) is 2.94. The Bertz CT molecular complexity index is 580. The predicted molar refractivity (Wildman–Crippen MR) is 61.6 cm³/mol. The van der Waals surface area contributed by atoms with Crippen molar-refractivity contribution in [3.8, 4) is 0 Å². The van der Waals surface area contributed by atoms with E-state index in [0.717, 1.165) is 0 Å². The molecule has 3 N–H and O–H groups in total. The van der Waals surface area contributed by atoms with Gasteiger partial charge in [-0.2, -0.15) is 0 Å². The van der Waals surface area contributed by atoms with Crippen LogP contribution in [0, 0.1) is 0 Å². The molecular formula is C8H8N4O2S2. The number of thiazole rings is 1. The molecule has 0 radical (unpaired) electrons. The predicted octanol–water partition coefficient (Wildman–Crippen LogP) is 0.921. The number of rotatable bonds is 3. The molecular weight excluding hydrogens is 248 g/mol. The normalized spacial score (nSPS) is 11.2. The second-order valence-corrected chi connectivity index (χ2v) is 5.37. The molecule has 0 saturated carbocycles. The van der Waals surface area contributed by atoms with Crippen LogP contribution in [-0.4, -0.2) is 18.4 Å². The van der Waals surface area contributed by atoms with Crippen LogP contribution in [0.15, 0.2) is 34.8 Å². The lowest BCUT2D eigenvalue weighted by atomic mass is 10.5. The van der Waals surface area contributed by atoms with Gasteiger partial charge in [-0.05, 0) is 12.1 Å². The molecule has 0 aliphatic rings.